The van der Waals surface area contributed by atoms with Gasteiger partial charge in [-0.15, -0.1) is 0 Å². The van der Waals surface area contributed by atoms with Gasteiger partial charge in [0.15, 0.2) is 11.2 Å². The van der Waals surface area contributed by atoms with Crippen molar-refractivity contribution in [2.24, 2.45) is 5.92 Å². The molecule has 14 nitrogen and oxygen atoms in total. The number of carbonyl (C=O) groups is 2. The number of nitrogen functional groups attached to an aromatic ring is 1. The Morgan fingerprint density at radius 1 is 1.06 bits per heavy atom. The number of anilines is 1. The van der Waals surface area contributed by atoms with E-state index < -0.39 is 32.1 Å². The van der Waals surface area contributed by atoms with Gasteiger partial charge in [0.25, 0.3) is 0 Å². The van der Waals surface area contributed by atoms with Crippen LogP contribution in [0.3, 0.4) is 0 Å². The highest BCUT2D eigenvalue weighted by Crippen LogP contribution is 2.47. The molecule has 1 aliphatic carbocycles. The van der Waals surface area contributed by atoms with Crippen molar-refractivity contribution in [2.45, 2.75) is 77.3 Å². The fraction of sp³-hybridized carbons (Fsp3) is 0.531. The number of ether oxygens (including phenoxy) is 3. The van der Waals surface area contributed by atoms with Gasteiger partial charge in [-0.25, -0.2) is 9.55 Å². The van der Waals surface area contributed by atoms with Gasteiger partial charge in [0.1, 0.15) is 11.8 Å². The van der Waals surface area contributed by atoms with Crippen LogP contribution in [0.1, 0.15) is 71.3 Å². The van der Waals surface area contributed by atoms with Gasteiger partial charge in [-0.05, 0) is 43.5 Å². The van der Waals surface area contributed by atoms with E-state index in [1.807, 2.05) is 30.6 Å². The Labute approximate surface area is 288 Å². The number of aromatic nitrogens is 4. The highest BCUT2D eigenvalue weighted by Gasteiger charge is 2.37. The molecule has 1 aliphatic rings. The van der Waals surface area contributed by atoms with Crippen LogP contribution >= 0.6 is 23.7 Å². The third-order valence-corrected chi connectivity index (χ3v) is 9.67. The molecule has 0 radical (unpaired) electrons. The third kappa shape index (κ3) is 10.7. The summed E-state index contributed by atoms with van der Waals surface area (Å²) >= 11 is 3.38. The Bertz CT molecular complexity index is 1590. The SMILES string of the molecule is CCCCCOC(=O)C[C@H](NP(=O)(OC[C@@H]1C=C[C@H](n2cnc3c(OC)nc(N)nc32)C1)Oc1ccc(Br)cc1)C(=O)OCCCCC. The second kappa shape index (κ2) is 18.3. The van der Waals surface area contributed by atoms with Crippen molar-refractivity contribution in [2.75, 3.05) is 32.7 Å². The average molecular weight is 752 g/mol. The lowest BCUT2D eigenvalue weighted by Crippen LogP contribution is -2.40. The zero-order valence-corrected chi connectivity index (χ0v) is 30.0. The number of esters is 2. The summed E-state index contributed by atoms with van der Waals surface area (Å²) in [6.07, 6.45) is 10.7. The number of rotatable bonds is 20. The summed E-state index contributed by atoms with van der Waals surface area (Å²) in [4.78, 5) is 38.8. The summed E-state index contributed by atoms with van der Waals surface area (Å²) in [6, 6.07) is 5.17. The minimum absolute atomic E-state index is 0.0272. The Hall–Kier alpha value is -3.52. The summed E-state index contributed by atoms with van der Waals surface area (Å²) in [7, 11) is -2.79. The van der Waals surface area contributed by atoms with Gasteiger partial charge in [0, 0.05) is 10.4 Å². The standard InChI is InChI=1S/C32H44BrN6O8P/c1-4-6-8-16-44-27(40)19-26(31(41)45-17-9-7-5-2)38-48(42,47-25-14-11-23(33)12-15-25)46-20-22-10-13-24(18-22)39-21-35-28-29(39)36-32(34)37-30(28)43-3/h10-15,21-22,24,26H,4-9,16-20H2,1-3H3,(H,38,42)(H2,34,36,37)/t22-,24+,26+,48?/m1/s1. The number of carbonyl (C=O) groups excluding carboxylic acids is 2. The van der Waals surface area contributed by atoms with Gasteiger partial charge in [-0.1, -0.05) is 67.6 Å². The van der Waals surface area contributed by atoms with Crippen LogP contribution in [0.5, 0.6) is 11.6 Å². The third-order valence-electron chi connectivity index (χ3n) is 7.58. The number of imidazole rings is 1. The number of methoxy groups -OCH3 is 1. The quantitative estimate of drug-likeness (QED) is 0.0568. The van der Waals surface area contributed by atoms with Crippen LogP contribution in [-0.2, 0) is 28.2 Å². The van der Waals surface area contributed by atoms with Crippen LogP contribution in [0.25, 0.3) is 11.2 Å². The number of fused-ring (bicyclic) bond motifs is 1. The molecule has 4 rings (SSSR count). The molecule has 0 aliphatic heterocycles. The number of unbranched alkanes of at least 4 members (excludes halogenated alkanes) is 4. The molecule has 0 spiro atoms. The fourth-order valence-electron chi connectivity index (χ4n) is 5.05. The number of benzene rings is 1. The maximum atomic E-state index is 14.4. The van der Waals surface area contributed by atoms with Crippen molar-refractivity contribution in [3.8, 4) is 11.6 Å². The van der Waals surface area contributed by atoms with Crippen LogP contribution in [0, 0.1) is 5.92 Å². The number of allylic oxidation sites excluding steroid dienone is 1. The van der Waals surface area contributed by atoms with Crippen LogP contribution in [0.15, 0.2) is 47.2 Å². The molecule has 0 fully saturated rings. The van der Waals surface area contributed by atoms with Crippen LogP contribution < -0.4 is 20.1 Å². The zero-order valence-electron chi connectivity index (χ0n) is 27.5. The first-order valence-electron chi connectivity index (χ1n) is 16.2. The number of halogens is 1. The van der Waals surface area contributed by atoms with E-state index in [1.54, 1.807) is 30.6 Å². The summed E-state index contributed by atoms with van der Waals surface area (Å²) in [5.41, 5.74) is 6.89. The van der Waals surface area contributed by atoms with Crippen molar-refractivity contribution in [1.29, 1.82) is 0 Å². The van der Waals surface area contributed by atoms with Crippen molar-refractivity contribution >= 4 is 52.7 Å². The molecule has 3 aromatic rings. The van der Waals surface area contributed by atoms with Crippen molar-refractivity contribution in [1.82, 2.24) is 24.6 Å². The Kier molecular flexibility index (Phi) is 14.2. The number of hydrogen-bond donors (Lipinski definition) is 2. The monoisotopic (exact) mass is 750 g/mol. The summed E-state index contributed by atoms with van der Waals surface area (Å²) < 4.78 is 45.0. The molecule has 2 aromatic heterocycles. The second-order valence-electron chi connectivity index (χ2n) is 11.4. The highest BCUT2D eigenvalue weighted by atomic mass is 79.9. The molecule has 1 aromatic carbocycles. The molecule has 262 valence electrons. The normalized spacial score (nSPS) is 17.6. The van der Waals surface area contributed by atoms with Crippen molar-refractivity contribution in [3.05, 3.63) is 47.2 Å². The molecule has 0 bridgehead atoms. The Morgan fingerprint density at radius 2 is 1.77 bits per heavy atom. The first kappa shape index (κ1) is 37.3. The predicted molar refractivity (Wildman–Crippen MR) is 183 cm³/mol. The number of nitrogens with one attached hydrogen (secondary N) is 1. The first-order chi connectivity index (χ1) is 23.1. The second-order valence-corrected chi connectivity index (χ2v) is 14.0. The molecular formula is C32H44BrN6O8P. The highest BCUT2D eigenvalue weighted by molar-refractivity contribution is 9.10. The minimum atomic E-state index is -4.27. The van der Waals surface area contributed by atoms with E-state index >= 15 is 0 Å². The summed E-state index contributed by atoms with van der Waals surface area (Å²) in [5, 5.41) is 2.71. The van der Waals surface area contributed by atoms with Crippen molar-refractivity contribution < 1.29 is 37.4 Å². The largest absolute Gasteiger partial charge is 0.479 e. The van der Waals surface area contributed by atoms with Gasteiger partial charge >= 0.3 is 19.7 Å². The zero-order chi connectivity index (χ0) is 34.5. The molecule has 3 N–H and O–H groups in total. The number of nitrogens with zero attached hydrogens (tertiary/aromatic N) is 4. The van der Waals surface area contributed by atoms with Crippen LogP contribution in [-0.4, -0.2) is 64.4 Å². The molecule has 16 heteroatoms. The van der Waals surface area contributed by atoms with Crippen LogP contribution in [0.4, 0.5) is 5.95 Å². The minimum Gasteiger partial charge on any atom is -0.479 e. The molecule has 1 unspecified atom stereocenters. The van der Waals surface area contributed by atoms with Gasteiger partial charge in [0.2, 0.25) is 11.8 Å². The van der Waals surface area contributed by atoms with Crippen LogP contribution in [0.2, 0.25) is 0 Å². The van der Waals surface area contributed by atoms with Gasteiger partial charge in [-0.3, -0.25) is 14.1 Å². The van der Waals surface area contributed by atoms with E-state index in [-0.39, 0.29) is 49.4 Å². The van der Waals surface area contributed by atoms with Gasteiger partial charge < -0.3 is 29.0 Å². The number of nitrogens with two attached hydrogens (primary N) is 1. The Morgan fingerprint density at radius 3 is 2.46 bits per heavy atom. The maximum Gasteiger partial charge on any atom is 0.459 e. The smallest absolute Gasteiger partial charge is 0.459 e. The predicted octanol–water partition coefficient (Wildman–Crippen LogP) is 6.32. The summed E-state index contributed by atoms with van der Waals surface area (Å²) in [5.74, 6) is -0.993. The lowest BCUT2D eigenvalue weighted by atomic mass is 10.1. The van der Waals surface area contributed by atoms with E-state index in [0.29, 0.717) is 30.4 Å². The average Bonchev–Trinajstić information content (AvgIpc) is 3.72. The van der Waals surface area contributed by atoms with Crippen molar-refractivity contribution in [3.63, 3.8) is 0 Å². The van der Waals surface area contributed by atoms with Gasteiger partial charge in [0.05, 0.1) is 45.7 Å². The van der Waals surface area contributed by atoms with E-state index in [1.165, 1.54) is 7.11 Å². The van der Waals surface area contributed by atoms with E-state index in [4.69, 9.17) is 29.0 Å². The molecule has 0 saturated heterocycles. The molecule has 0 amide bonds. The number of hydrogen-bond acceptors (Lipinski definition) is 12. The van der Waals surface area contributed by atoms with E-state index in [9.17, 15) is 14.2 Å². The first-order valence-corrected chi connectivity index (χ1v) is 18.5. The van der Waals surface area contributed by atoms with E-state index in [0.717, 1.165) is 30.2 Å². The van der Waals surface area contributed by atoms with Gasteiger partial charge in [-0.2, -0.15) is 15.1 Å². The Balaban J connectivity index is 1.49. The lowest BCUT2D eigenvalue weighted by molar-refractivity contribution is -0.152. The van der Waals surface area contributed by atoms with E-state index in [2.05, 4.69) is 36.0 Å². The maximum absolute atomic E-state index is 14.4. The molecular weight excluding hydrogens is 707 g/mol. The fourth-order valence-corrected chi connectivity index (χ4v) is 6.86. The molecule has 4 atom stereocenters. The lowest BCUT2D eigenvalue weighted by Gasteiger charge is -2.25. The molecule has 2 heterocycles. The summed E-state index contributed by atoms with van der Waals surface area (Å²) in [6.45, 7) is 4.44. The molecule has 0 saturated carbocycles. The molecule has 48 heavy (non-hydrogen) atoms. The topological polar surface area (TPSA) is 179 Å².